The van der Waals surface area contributed by atoms with Crippen molar-refractivity contribution >= 4 is 11.6 Å². The monoisotopic (exact) mass is 500 g/mol. The van der Waals surface area contributed by atoms with Crippen LogP contribution in [0.15, 0.2) is 53.3 Å². The Morgan fingerprint density at radius 1 is 1.06 bits per heavy atom. The fraction of sp³-hybridized carbons (Fsp3) is 0.296. The summed E-state index contributed by atoms with van der Waals surface area (Å²) in [7, 11) is 0. The van der Waals surface area contributed by atoms with Gasteiger partial charge in [-0.25, -0.2) is 0 Å². The van der Waals surface area contributed by atoms with Gasteiger partial charge in [-0.15, -0.1) is 13.2 Å². The van der Waals surface area contributed by atoms with Crippen molar-refractivity contribution in [2.75, 3.05) is 13.1 Å². The molecule has 1 N–H and O–H groups in total. The van der Waals surface area contributed by atoms with Crippen LogP contribution in [0.2, 0.25) is 5.02 Å². The second kappa shape index (κ2) is 10.1. The highest BCUT2D eigenvalue weighted by Gasteiger charge is 2.31. The number of halogens is 4. The van der Waals surface area contributed by atoms with E-state index < -0.39 is 6.36 Å². The molecule has 0 bridgehead atoms. The molecule has 1 fully saturated rings. The number of aromatic nitrogens is 1. The minimum atomic E-state index is -4.69. The van der Waals surface area contributed by atoms with Gasteiger partial charge in [-0.2, -0.15) is 0 Å². The summed E-state index contributed by atoms with van der Waals surface area (Å²) < 4.78 is 41.0. The number of H-pyrrole nitrogens is 1. The molecule has 1 aliphatic heterocycles. The van der Waals surface area contributed by atoms with E-state index in [1.54, 1.807) is 19.1 Å². The summed E-state index contributed by atoms with van der Waals surface area (Å²) in [6.45, 7) is 5.12. The Bertz CT molecular complexity index is 1330. The summed E-state index contributed by atoms with van der Waals surface area (Å²) in [5, 5.41) is 0.187. The Labute approximate surface area is 206 Å². The van der Waals surface area contributed by atoms with Crippen LogP contribution in [-0.4, -0.2) is 29.3 Å². The zero-order valence-corrected chi connectivity index (χ0v) is 20.1. The highest BCUT2D eigenvalue weighted by molar-refractivity contribution is 6.31. The van der Waals surface area contributed by atoms with Crippen LogP contribution in [0.3, 0.4) is 0 Å². The lowest BCUT2D eigenvalue weighted by Gasteiger charge is -2.29. The molecule has 0 saturated carbocycles. The van der Waals surface area contributed by atoms with Gasteiger partial charge in [0.05, 0.1) is 0 Å². The number of hydrogen-bond acceptors (Lipinski definition) is 3. The Morgan fingerprint density at radius 2 is 1.74 bits per heavy atom. The zero-order chi connectivity index (χ0) is 25.2. The number of ether oxygens (including phenoxy) is 1. The molecule has 2 heterocycles. The molecule has 0 radical (unpaired) electrons. The molecule has 4 nitrogen and oxygen atoms in total. The maximum Gasteiger partial charge on any atom is 0.573 e. The number of aryl methyl sites for hydroxylation is 2. The first-order valence-corrected chi connectivity index (χ1v) is 11.6. The summed E-state index contributed by atoms with van der Waals surface area (Å²) in [6, 6.07) is 16.8. The molecule has 3 aromatic rings. The van der Waals surface area contributed by atoms with E-state index in [1.165, 1.54) is 12.1 Å². The van der Waals surface area contributed by atoms with Crippen LogP contribution in [0, 0.1) is 25.8 Å². The minimum Gasteiger partial charge on any atom is -0.406 e. The molecule has 0 unspecified atom stereocenters. The molecular formula is C27H24ClF3N2O2. The Balaban J connectivity index is 1.42. The second-order valence-corrected chi connectivity index (χ2v) is 8.97. The first-order chi connectivity index (χ1) is 16.6. The number of benzene rings is 2. The van der Waals surface area contributed by atoms with Gasteiger partial charge in [0.1, 0.15) is 10.8 Å². The van der Waals surface area contributed by atoms with Crippen molar-refractivity contribution in [3.05, 3.63) is 86.3 Å². The van der Waals surface area contributed by atoms with Crippen LogP contribution in [-0.2, 0) is 0 Å². The molecule has 1 saturated heterocycles. The van der Waals surface area contributed by atoms with Gasteiger partial charge in [0.15, 0.2) is 0 Å². The van der Waals surface area contributed by atoms with E-state index >= 15 is 0 Å². The highest BCUT2D eigenvalue weighted by Crippen LogP contribution is 2.30. The number of hydrogen-bond donors (Lipinski definition) is 1. The smallest absolute Gasteiger partial charge is 0.406 e. The highest BCUT2D eigenvalue weighted by atomic mass is 35.5. The van der Waals surface area contributed by atoms with Crippen LogP contribution in [0.4, 0.5) is 13.2 Å². The lowest BCUT2D eigenvalue weighted by atomic mass is 9.89. The molecule has 0 atom stereocenters. The minimum absolute atomic E-state index is 0.187. The van der Waals surface area contributed by atoms with Crippen LogP contribution in [0.1, 0.15) is 41.3 Å². The second-order valence-electron chi connectivity index (χ2n) is 8.59. The SMILES string of the molecule is Cc1[nH]c(C)c(-c2cccc(C#CN3CCC(c4ccc(OC(F)(F)F)cc4)CC3)c2)c(=O)c1Cl. The zero-order valence-electron chi connectivity index (χ0n) is 19.3. The lowest BCUT2D eigenvalue weighted by Crippen LogP contribution is -2.29. The van der Waals surface area contributed by atoms with Crippen molar-refractivity contribution < 1.29 is 17.9 Å². The Kier molecular flexibility index (Phi) is 7.13. The summed E-state index contributed by atoms with van der Waals surface area (Å²) >= 11 is 6.17. The van der Waals surface area contributed by atoms with Gasteiger partial charge in [0, 0.05) is 41.6 Å². The first-order valence-electron chi connectivity index (χ1n) is 11.2. The van der Waals surface area contributed by atoms with E-state index in [-0.39, 0.29) is 22.1 Å². The molecule has 0 amide bonds. The number of piperidine rings is 1. The average molecular weight is 501 g/mol. The third-order valence-electron chi connectivity index (χ3n) is 6.10. The van der Waals surface area contributed by atoms with Gasteiger partial charge in [0.25, 0.3) is 0 Å². The lowest BCUT2D eigenvalue weighted by molar-refractivity contribution is -0.274. The van der Waals surface area contributed by atoms with E-state index in [4.69, 9.17) is 11.6 Å². The number of rotatable bonds is 3. The molecule has 1 aliphatic rings. The van der Waals surface area contributed by atoms with E-state index in [0.717, 1.165) is 48.3 Å². The summed E-state index contributed by atoms with van der Waals surface area (Å²) in [5.74, 6) is 3.23. The van der Waals surface area contributed by atoms with Crippen LogP contribution in [0.25, 0.3) is 11.1 Å². The predicted molar refractivity (Wildman–Crippen MR) is 131 cm³/mol. The van der Waals surface area contributed by atoms with Crippen molar-refractivity contribution in [3.8, 4) is 28.8 Å². The summed E-state index contributed by atoms with van der Waals surface area (Å²) in [6.07, 6.45) is -2.98. The predicted octanol–water partition coefficient (Wildman–Crippen LogP) is 6.40. The van der Waals surface area contributed by atoms with Gasteiger partial charge in [-0.3, -0.25) is 4.79 Å². The fourth-order valence-corrected chi connectivity index (χ4v) is 4.50. The number of pyridine rings is 1. The number of aromatic amines is 1. The number of likely N-dealkylation sites (tertiary alicyclic amines) is 1. The third-order valence-corrected chi connectivity index (χ3v) is 6.55. The molecular weight excluding hydrogens is 477 g/mol. The van der Waals surface area contributed by atoms with Crippen LogP contribution < -0.4 is 10.2 Å². The first kappa shape index (κ1) is 24.7. The van der Waals surface area contributed by atoms with Gasteiger partial charge in [0.2, 0.25) is 5.43 Å². The largest absolute Gasteiger partial charge is 0.573 e. The maximum atomic E-state index is 12.7. The van der Waals surface area contributed by atoms with Crippen molar-refractivity contribution in [2.45, 2.75) is 39.0 Å². The molecule has 182 valence electrons. The normalized spacial score (nSPS) is 14.4. The molecule has 2 aromatic carbocycles. The molecule has 8 heteroatoms. The summed E-state index contributed by atoms with van der Waals surface area (Å²) in [4.78, 5) is 17.9. The average Bonchev–Trinajstić information content (AvgIpc) is 2.81. The molecule has 0 spiro atoms. The van der Waals surface area contributed by atoms with Crippen molar-refractivity contribution in [2.24, 2.45) is 0 Å². The molecule has 35 heavy (non-hydrogen) atoms. The molecule has 0 aliphatic carbocycles. The van der Waals surface area contributed by atoms with Gasteiger partial charge in [-0.1, -0.05) is 35.9 Å². The van der Waals surface area contributed by atoms with E-state index in [2.05, 4.69) is 21.7 Å². The summed E-state index contributed by atoms with van der Waals surface area (Å²) in [5.41, 5.74) is 4.28. The van der Waals surface area contributed by atoms with E-state index in [0.29, 0.717) is 11.3 Å². The van der Waals surface area contributed by atoms with E-state index in [1.807, 2.05) is 36.1 Å². The Hall–Kier alpha value is -3.37. The number of alkyl halides is 3. The fourth-order valence-electron chi connectivity index (χ4n) is 4.36. The van der Waals surface area contributed by atoms with Crippen molar-refractivity contribution in [3.63, 3.8) is 0 Å². The third kappa shape index (κ3) is 6.01. The molecule has 4 rings (SSSR count). The van der Waals surface area contributed by atoms with E-state index in [9.17, 15) is 18.0 Å². The standard InChI is InChI=1S/C27H24ClF3N2O2/c1-17-24(26(34)25(28)18(2)32-17)22-5-3-4-19(16-22)10-13-33-14-11-21(12-15-33)20-6-8-23(9-7-20)35-27(29,30)31/h3-9,16,21H,11-12,14-15H2,1-2H3,(H,32,34). The van der Waals surface area contributed by atoms with Crippen molar-refractivity contribution in [1.82, 2.24) is 9.88 Å². The topological polar surface area (TPSA) is 45.3 Å². The number of nitrogens with zero attached hydrogens (tertiary/aromatic N) is 1. The van der Waals surface area contributed by atoms with Gasteiger partial charge >= 0.3 is 6.36 Å². The number of nitrogens with one attached hydrogen (secondary N) is 1. The Morgan fingerprint density at radius 3 is 2.40 bits per heavy atom. The quantitative estimate of drug-likeness (QED) is 0.423. The van der Waals surface area contributed by atoms with Gasteiger partial charge in [-0.05, 0) is 73.9 Å². The maximum absolute atomic E-state index is 12.7. The molecule has 1 aromatic heterocycles. The van der Waals surface area contributed by atoms with Crippen LogP contribution in [0.5, 0.6) is 5.75 Å². The van der Waals surface area contributed by atoms with Crippen LogP contribution >= 0.6 is 11.6 Å². The van der Waals surface area contributed by atoms with Gasteiger partial charge < -0.3 is 14.6 Å². The van der Waals surface area contributed by atoms with Crippen molar-refractivity contribution in [1.29, 1.82) is 0 Å².